The Morgan fingerprint density at radius 3 is 2.46 bits per heavy atom. The summed E-state index contributed by atoms with van der Waals surface area (Å²) >= 11 is 0. The molecule has 0 spiro atoms. The van der Waals surface area contributed by atoms with Crippen LogP contribution in [-0.2, 0) is 16.1 Å². The van der Waals surface area contributed by atoms with Crippen LogP contribution >= 0.6 is 0 Å². The van der Waals surface area contributed by atoms with Crippen LogP contribution in [0.4, 0.5) is 0 Å². The molecule has 24 heavy (non-hydrogen) atoms. The number of nitrogens with zero attached hydrogens (tertiary/aromatic N) is 2. The monoisotopic (exact) mass is 326 g/mol. The van der Waals surface area contributed by atoms with Crippen molar-refractivity contribution in [3.05, 3.63) is 59.9 Å². The van der Waals surface area contributed by atoms with Gasteiger partial charge in [0.1, 0.15) is 5.69 Å². The molecule has 0 saturated carbocycles. The number of carbonyl (C=O) groups excluding carboxylic acids is 2. The van der Waals surface area contributed by atoms with E-state index in [-0.39, 0.29) is 17.8 Å². The van der Waals surface area contributed by atoms with Crippen molar-refractivity contribution in [2.45, 2.75) is 19.4 Å². The summed E-state index contributed by atoms with van der Waals surface area (Å²) in [5.74, 6) is -0.232. The van der Waals surface area contributed by atoms with E-state index in [9.17, 15) is 9.59 Å². The highest BCUT2D eigenvalue weighted by molar-refractivity contribution is 5.93. The second kappa shape index (κ2) is 7.34. The molecule has 0 radical (unpaired) electrons. The van der Waals surface area contributed by atoms with E-state index in [1.807, 2.05) is 46.0 Å². The summed E-state index contributed by atoms with van der Waals surface area (Å²) in [6, 6.07) is 13.8. The average Bonchev–Trinajstić information content (AvgIpc) is 3.09. The first kappa shape index (κ1) is 16.3. The molecule has 2 heterocycles. The van der Waals surface area contributed by atoms with E-state index in [0.29, 0.717) is 38.2 Å². The summed E-state index contributed by atoms with van der Waals surface area (Å²) in [5, 5.41) is 0. The molecule has 2 aromatic rings. The van der Waals surface area contributed by atoms with E-state index in [2.05, 4.69) is 12.1 Å². The van der Waals surface area contributed by atoms with Gasteiger partial charge in [-0.15, -0.1) is 0 Å². The minimum Gasteiger partial charge on any atom is -0.469 e. The molecule has 0 aliphatic carbocycles. The van der Waals surface area contributed by atoms with Crippen molar-refractivity contribution in [3.63, 3.8) is 0 Å². The van der Waals surface area contributed by atoms with Gasteiger partial charge >= 0.3 is 5.97 Å². The number of hydrogen-bond acceptors (Lipinski definition) is 3. The van der Waals surface area contributed by atoms with Gasteiger partial charge in [0.15, 0.2) is 0 Å². The fourth-order valence-corrected chi connectivity index (χ4v) is 3.17. The number of carbonyl (C=O) groups is 2. The van der Waals surface area contributed by atoms with Gasteiger partial charge in [0.05, 0.1) is 13.0 Å². The fourth-order valence-electron chi connectivity index (χ4n) is 3.17. The van der Waals surface area contributed by atoms with Gasteiger partial charge in [0, 0.05) is 25.8 Å². The van der Waals surface area contributed by atoms with Crippen LogP contribution in [0.15, 0.2) is 48.7 Å². The maximum Gasteiger partial charge on any atom is 0.308 e. The number of benzene rings is 1. The van der Waals surface area contributed by atoms with E-state index < -0.39 is 0 Å². The summed E-state index contributed by atoms with van der Waals surface area (Å²) in [7, 11) is 1.41. The number of methoxy groups -OCH3 is 1. The lowest BCUT2D eigenvalue weighted by atomic mass is 9.97. The average molecular weight is 326 g/mol. The van der Waals surface area contributed by atoms with Gasteiger partial charge in [-0.1, -0.05) is 30.3 Å². The SMILES string of the molecule is COC(=O)C1CCN(C(=O)c2cccn2Cc2ccccc2)CC1. The first-order chi connectivity index (χ1) is 11.7. The van der Waals surface area contributed by atoms with E-state index in [0.717, 1.165) is 5.56 Å². The normalized spacial score (nSPS) is 15.3. The number of hydrogen-bond donors (Lipinski definition) is 0. The van der Waals surface area contributed by atoms with Crippen LogP contribution in [-0.4, -0.2) is 41.5 Å². The lowest BCUT2D eigenvalue weighted by Crippen LogP contribution is -2.41. The van der Waals surface area contributed by atoms with Gasteiger partial charge in [-0.2, -0.15) is 0 Å². The Morgan fingerprint density at radius 2 is 1.79 bits per heavy atom. The quantitative estimate of drug-likeness (QED) is 0.812. The van der Waals surface area contributed by atoms with Crippen LogP contribution in [0.3, 0.4) is 0 Å². The zero-order valence-corrected chi connectivity index (χ0v) is 13.9. The molecule has 126 valence electrons. The van der Waals surface area contributed by atoms with E-state index >= 15 is 0 Å². The zero-order valence-electron chi connectivity index (χ0n) is 13.9. The molecule has 1 aromatic heterocycles. The van der Waals surface area contributed by atoms with Crippen LogP contribution in [0.25, 0.3) is 0 Å². The number of likely N-dealkylation sites (tertiary alicyclic amines) is 1. The maximum atomic E-state index is 12.8. The van der Waals surface area contributed by atoms with Crippen molar-refractivity contribution >= 4 is 11.9 Å². The number of piperidine rings is 1. The molecular weight excluding hydrogens is 304 g/mol. The van der Waals surface area contributed by atoms with Crippen molar-refractivity contribution in [3.8, 4) is 0 Å². The van der Waals surface area contributed by atoms with E-state index in [1.54, 1.807) is 0 Å². The molecule has 1 aliphatic heterocycles. The largest absolute Gasteiger partial charge is 0.469 e. The van der Waals surface area contributed by atoms with E-state index in [1.165, 1.54) is 7.11 Å². The smallest absolute Gasteiger partial charge is 0.308 e. The molecule has 5 heteroatoms. The zero-order chi connectivity index (χ0) is 16.9. The minimum absolute atomic E-state index is 0.0271. The first-order valence-electron chi connectivity index (χ1n) is 8.25. The lowest BCUT2D eigenvalue weighted by Gasteiger charge is -2.31. The van der Waals surface area contributed by atoms with E-state index in [4.69, 9.17) is 4.74 Å². The molecule has 5 nitrogen and oxygen atoms in total. The number of aromatic nitrogens is 1. The molecule has 1 fully saturated rings. The standard InChI is InChI=1S/C19H22N2O3/c1-24-19(23)16-9-12-20(13-10-16)18(22)17-8-5-11-21(17)14-15-6-3-2-4-7-15/h2-8,11,16H,9-10,12-14H2,1H3. The molecular formula is C19H22N2O3. The predicted molar refractivity (Wildman–Crippen MR) is 90.6 cm³/mol. The molecule has 1 aromatic carbocycles. The van der Waals surface area contributed by atoms with Gasteiger partial charge in [-0.3, -0.25) is 9.59 Å². The van der Waals surface area contributed by atoms with Gasteiger partial charge in [-0.25, -0.2) is 0 Å². The van der Waals surface area contributed by atoms with Crippen molar-refractivity contribution in [1.29, 1.82) is 0 Å². The van der Waals surface area contributed by atoms with Crippen molar-refractivity contribution in [2.75, 3.05) is 20.2 Å². The molecule has 0 unspecified atom stereocenters. The molecule has 1 saturated heterocycles. The van der Waals surface area contributed by atoms with Gasteiger partial charge < -0.3 is 14.2 Å². The third kappa shape index (κ3) is 3.50. The second-order valence-corrected chi connectivity index (χ2v) is 6.10. The number of rotatable bonds is 4. The maximum absolute atomic E-state index is 12.8. The highest BCUT2D eigenvalue weighted by atomic mass is 16.5. The first-order valence-corrected chi connectivity index (χ1v) is 8.25. The van der Waals surface area contributed by atoms with Gasteiger partial charge in [-0.05, 0) is 30.5 Å². The molecule has 1 aliphatic rings. The molecule has 1 amide bonds. The van der Waals surface area contributed by atoms with Crippen molar-refractivity contribution in [2.24, 2.45) is 5.92 Å². The van der Waals surface area contributed by atoms with Gasteiger partial charge in [0.2, 0.25) is 0 Å². The Hall–Kier alpha value is -2.56. The Kier molecular flexibility index (Phi) is 4.99. The number of esters is 1. The Balaban J connectivity index is 1.66. The molecule has 0 bridgehead atoms. The summed E-state index contributed by atoms with van der Waals surface area (Å²) in [5.41, 5.74) is 1.85. The van der Waals surface area contributed by atoms with Crippen molar-refractivity contribution < 1.29 is 14.3 Å². The van der Waals surface area contributed by atoms with Crippen LogP contribution in [0, 0.1) is 5.92 Å². The molecule has 0 N–H and O–H groups in total. The summed E-state index contributed by atoms with van der Waals surface area (Å²) in [6.45, 7) is 1.86. The topological polar surface area (TPSA) is 51.5 Å². The predicted octanol–water partition coefficient (Wildman–Crippen LogP) is 2.56. The Labute approximate surface area is 141 Å². The number of ether oxygens (including phenoxy) is 1. The third-order valence-electron chi connectivity index (χ3n) is 4.56. The lowest BCUT2D eigenvalue weighted by molar-refractivity contribution is -0.146. The van der Waals surface area contributed by atoms with Crippen LogP contribution < -0.4 is 0 Å². The Bertz CT molecular complexity index is 700. The highest BCUT2D eigenvalue weighted by Gasteiger charge is 2.29. The van der Waals surface area contributed by atoms with Crippen LogP contribution in [0.1, 0.15) is 28.9 Å². The second-order valence-electron chi connectivity index (χ2n) is 6.10. The summed E-state index contributed by atoms with van der Waals surface area (Å²) in [6.07, 6.45) is 3.26. The highest BCUT2D eigenvalue weighted by Crippen LogP contribution is 2.20. The Morgan fingerprint density at radius 1 is 1.08 bits per heavy atom. The van der Waals surface area contributed by atoms with Crippen LogP contribution in [0.5, 0.6) is 0 Å². The summed E-state index contributed by atoms with van der Waals surface area (Å²) < 4.78 is 6.77. The number of amides is 1. The third-order valence-corrected chi connectivity index (χ3v) is 4.56. The van der Waals surface area contributed by atoms with Gasteiger partial charge in [0.25, 0.3) is 5.91 Å². The molecule has 0 atom stereocenters. The summed E-state index contributed by atoms with van der Waals surface area (Å²) in [4.78, 5) is 26.2. The van der Waals surface area contributed by atoms with Crippen molar-refractivity contribution in [1.82, 2.24) is 9.47 Å². The minimum atomic E-state index is -0.172. The fraction of sp³-hybridized carbons (Fsp3) is 0.368. The van der Waals surface area contributed by atoms with Crippen LogP contribution in [0.2, 0.25) is 0 Å². The molecule has 3 rings (SSSR count).